The molecule has 1 fully saturated rings. The minimum absolute atomic E-state index is 0.108. The third-order valence-corrected chi connectivity index (χ3v) is 8.14. The average molecular weight is 557 g/mol. The number of alkyl carbamates (subject to hydrolysis) is 1. The van der Waals surface area contributed by atoms with Gasteiger partial charge in [0.25, 0.3) is 0 Å². The number of benzene rings is 3. The summed E-state index contributed by atoms with van der Waals surface area (Å²) in [5.74, 6) is -2.20. The van der Waals surface area contributed by atoms with Gasteiger partial charge in [-0.1, -0.05) is 91.7 Å². The average Bonchev–Trinajstić information content (AvgIpc) is 3.31. The van der Waals surface area contributed by atoms with E-state index in [1.54, 1.807) is 6.92 Å². The second kappa shape index (κ2) is 13.0. The van der Waals surface area contributed by atoms with Crippen LogP contribution in [0, 0.1) is 5.92 Å². The highest BCUT2D eigenvalue weighted by atomic mass is 16.5. The molecule has 5 rings (SSSR count). The lowest BCUT2D eigenvalue weighted by Crippen LogP contribution is -2.57. The minimum atomic E-state index is -1.08. The maximum absolute atomic E-state index is 13.5. The lowest BCUT2D eigenvalue weighted by Gasteiger charge is -2.32. The van der Waals surface area contributed by atoms with E-state index in [2.05, 4.69) is 22.8 Å². The Morgan fingerprint density at radius 2 is 1.49 bits per heavy atom. The summed E-state index contributed by atoms with van der Waals surface area (Å²) in [5.41, 5.74) is 5.35. The van der Waals surface area contributed by atoms with Crippen LogP contribution in [-0.2, 0) is 25.7 Å². The molecule has 0 spiro atoms. The molecule has 1 saturated carbocycles. The van der Waals surface area contributed by atoms with Crippen LogP contribution in [0.15, 0.2) is 78.9 Å². The molecule has 0 aromatic heterocycles. The Labute approximate surface area is 240 Å². The summed E-state index contributed by atoms with van der Waals surface area (Å²) in [5, 5.41) is 15.3. The zero-order chi connectivity index (χ0) is 28.8. The van der Waals surface area contributed by atoms with Crippen LogP contribution in [0.1, 0.15) is 55.2 Å². The van der Waals surface area contributed by atoms with Crippen molar-refractivity contribution in [2.45, 2.75) is 63.3 Å². The SMILES string of the molecule is C[C@H](OCc1ccccc1)[C@@H](NC(=O)OCC1c2ccccc2-c2ccccc21)C(=O)N[C@@H]1CCCC[C@@H]1C(=O)O. The van der Waals surface area contributed by atoms with Crippen molar-refractivity contribution in [3.63, 3.8) is 0 Å². The number of carbonyl (C=O) groups is 3. The van der Waals surface area contributed by atoms with Crippen LogP contribution < -0.4 is 10.6 Å². The van der Waals surface area contributed by atoms with Gasteiger partial charge in [-0.2, -0.15) is 0 Å². The van der Waals surface area contributed by atoms with Gasteiger partial charge in [0, 0.05) is 12.0 Å². The highest BCUT2D eigenvalue weighted by molar-refractivity contribution is 5.87. The van der Waals surface area contributed by atoms with E-state index in [0.29, 0.717) is 12.8 Å². The number of rotatable bonds is 10. The van der Waals surface area contributed by atoms with E-state index in [4.69, 9.17) is 9.47 Å². The monoisotopic (exact) mass is 556 g/mol. The first-order chi connectivity index (χ1) is 19.9. The molecular formula is C33H36N2O6. The normalized spacial score (nSPS) is 19.3. The maximum Gasteiger partial charge on any atom is 0.407 e. The third-order valence-electron chi connectivity index (χ3n) is 8.14. The topological polar surface area (TPSA) is 114 Å². The van der Waals surface area contributed by atoms with Crippen molar-refractivity contribution >= 4 is 18.0 Å². The van der Waals surface area contributed by atoms with E-state index in [1.165, 1.54) is 0 Å². The molecule has 8 nitrogen and oxygen atoms in total. The molecule has 0 saturated heterocycles. The molecule has 0 unspecified atom stereocenters. The lowest BCUT2D eigenvalue weighted by atomic mass is 9.84. The van der Waals surface area contributed by atoms with Crippen LogP contribution in [0.3, 0.4) is 0 Å². The van der Waals surface area contributed by atoms with Gasteiger partial charge >= 0.3 is 12.1 Å². The van der Waals surface area contributed by atoms with Gasteiger partial charge in [0.2, 0.25) is 5.91 Å². The molecule has 2 amide bonds. The van der Waals surface area contributed by atoms with Gasteiger partial charge in [-0.15, -0.1) is 0 Å². The summed E-state index contributed by atoms with van der Waals surface area (Å²) in [6.07, 6.45) is 1.27. The van der Waals surface area contributed by atoms with Crippen molar-refractivity contribution in [1.82, 2.24) is 10.6 Å². The van der Waals surface area contributed by atoms with Crippen molar-refractivity contribution < 1.29 is 29.0 Å². The quantitative estimate of drug-likeness (QED) is 0.314. The first kappa shape index (κ1) is 28.4. The van der Waals surface area contributed by atoms with E-state index in [-0.39, 0.29) is 19.1 Å². The van der Waals surface area contributed by atoms with Crippen molar-refractivity contribution in [3.05, 3.63) is 95.6 Å². The lowest BCUT2D eigenvalue weighted by molar-refractivity contribution is -0.144. The van der Waals surface area contributed by atoms with Gasteiger partial charge in [0.05, 0.1) is 18.6 Å². The number of carboxylic acids is 1. The third kappa shape index (κ3) is 6.60. The zero-order valence-electron chi connectivity index (χ0n) is 23.1. The summed E-state index contributed by atoms with van der Waals surface area (Å²) in [6, 6.07) is 24.1. The number of fused-ring (bicyclic) bond motifs is 3. The van der Waals surface area contributed by atoms with Crippen LogP contribution in [-0.4, -0.2) is 47.9 Å². The van der Waals surface area contributed by atoms with Gasteiger partial charge in [-0.3, -0.25) is 9.59 Å². The smallest absolute Gasteiger partial charge is 0.407 e. The van der Waals surface area contributed by atoms with Crippen LogP contribution in [0.2, 0.25) is 0 Å². The Morgan fingerprint density at radius 1 is 0.878 bits per heavy atom. The van der Waals surface area contributed by atoms with Crippen molar-refractivity contribution in [1.29, 1.82) is 0 Å². The van der Waals surface area contributed by atoms with Crippen molar-refractivity contribution in [2.24, 2.45) is 5.92 Å². The fourth-order valence-electron chi connectivity index (χ4n) is 5.93. The van der Waals surface area contributed by atoms with E-state index >= 15 is 0 Å². The Morgan fingerprint density at radius 3 is 2.15 bits per heavy atom. The molecule has 41 heavy (non-hydrogen) atoms. The molecule has 3 aromatic carbocycles. The van der Waals surface area contributed by atoms with Crippen molar-refractivity contribution in [3.8, 4) is 11.1 Å². The number of hydrogen-bond donors (Lipinski definition) is 3. The molecular weight excluding hydrogens is 520 g/mol. The second-order valence-corrected chi connectivity index (χ2v) is 10.8. The fraction of sp³-hybridized carbons (Fsp3) is 0.364. The standard InChI is InChI=1S/C33H36N2O6/c1-21(40-19-22-11-3-2-4-12-22)30(31(36)34-29-18-10-9-17-27(29)32(37)38)35-33(39)41-20-28-25-15-7-5-13-23(25)24-14-6-8-16-26(24)28/h2-8,11-16,21,27-30H,9-10,17-20H2,1H3,(H,34,36)(H,35,39)(H,37,38)/t21-,27-,29+,30+/m0/s1. The molecule has 3 aromatic rings. The van der Waals surface area contributed by atoms with Crippen molar-refractivity contribution in [2.75, 3.05) is 6.61 Å². The van der Waals surface area contributed by atoms with Crippen LogP contribution in [0.4, 0.5) is 4.79 Å². The van der Waals surface area contributed by atoms with E-state index in [9.17, 15) is 19.5 Å². The molecule has 0 aliphatic heterocycles. The molecule has 3 N–H and O–H groups in total. The minimum Gasteiger partial charge on any atom is -0.481 e. The molecule has 2 aliphatic carbocycles. The molecule has 214 valence electrons. The molecule has 0 bridgehead atoms. The van der Waals surface area contributed by atoms with E-state index < -0.39 is 42.1 Å². The summed E-state index contributed by atoms with van der Waals surface area (Å²) < 4.78 is 11.7. The van der Waals surface area contributed by atoms with Gasteiger partial charge in [0.1, 0.15) is 12.6 Å². The first-order valence-corrected chi connectivity index (χ1v) is 14.2. The van der Waals surface area contributed by atoms with Crippen LogP contribution in [0.25, 0.3) is 11.1 Å². The van der Waals surface area contributed by atoms with Gasteiger partial charge < -0.3 is 25.2 Å². The Hall–Kier alpha value is -4.17. The number of aliphatic carboxylic acids is 1. The number of hydrogen-bond acceptors (Lipinski definition) is 5. The maximum atomic E-state index is 13.5. The molecule has 8 heteroatoms. The van der Waals surface area contributed by atoms with Crippen LogP contribution in [0.5, 0.6) is 0 Å². The zero-order valence-corrected chi connectivity index (χ0v) is 23.1. The van der Waals surface area contributed by atoms with E-state index in [1.807, 2.05) is 66.7 Å². The molecule has 4 atom stereocenters. The van der Waals surface area contributed by atoms with Gasteiger partial charge in [-0.25, -0.2) is 4.79 Å². The predicted molar refractivity (Wildman–Crippen MR) is 154 cm³/mol. The molecule has 0 radical (unpaired) electrons. The van der Waals surface area contributed by atoms with Gasteiger partial charge in [-0.05, 0) is 47.6 Å². The largest absolute Gasteiger partial charge is 0.481 e. The second-order valence-electron chi connectivity index (χ2n) is 10.8. The number of nitrogens with one attached hydrogen (secondary N) is 2. The number of carbonyl (C=O) groups excluding carboxylic acids is 2. The number of amides is 2. The Kier molecular flexibility index (Phi) is 8.99. The highest BCUT2D eigenvalue weighted by Crippen LogP contribution is 2.44. The predicted octanol–water partition coefficient (Wildman–Crippen LogP) is 5.26. The molecule has 0 heterocycles. The Bertz CT molecular complexity index is 1330. The summed E-state index contributed by atoms with van der Waals surface area (Å²) in [6.45, 7) is 2.07. The number of ether oxygens (including phenoxy) is 2. The summed E-state index contributed by atoms with van der Waals surface area (Å²) >= 11 is 0. The first-order valence-electron chi connectivity index (χ1n) is 14.2. The highest BCUT2D eigenvalue weighted by Gasteiger charge is 2.36. The van der Waals surface area contributed by atoms with Crippen LogP contribution >= 0.6 is 0 Å². The molecule has 2 aliphatic rings. The van der Waals surface area contributed by atoms with E-state index in [0.717, 1.165) is 40.7 Å². The summed E-state index contributed by atoms with van der Waals surface area (Å²) in [7, 11) is 0. The van der Waals surface area contributed by atoms with Gasteiger partial charge in [0.15, 0.2) is 0 Å². The fourth-order valence-corrected chi connectivity index (χ4v) is 5.93. The Balaban J connectivity index is 1.27. The summed E-state index contributed by atoms with van der Waals surface area (Å²) in [4.78, 5) is 38.4. The number of carboxylic acid groups (broad SMARTS) is 1.